The Bertz CT molecular complexity index is 328. The van der Waals surface area contributed by atoms with Crippen LogP contribution < -0.4 is 5.73 Å². The molecule has 1 aliphatic heterocycles. The number of carbonyl (C=O) groups is 1. The van der Waals surface area contributed by atoms with Crippen molar-refractivity contribution >= 4 is 12.1 Å². The lowest BCUT2D eigenvalue weighted by Gasteiger charge is -2.27. The van der Waals surface area contributed by atoms with Gasteiger partial charge in [-0.25, -0.2) is 0 Å². The van der Waals surface area contributed by atoms with Gasteiger partial charge in [0.15, 0.2) is 0 Å². The van der Waals surface area contributed by atoms with Gasteiger partial charge in [-0.2, -0.15) is 0 Å². The number of aliphatic imine (C=N–C) groups is 1. The van der Waals surface area contributed by atoms with Gasteiger partial charge in [0.05, 0.1) is 6.10 Å². The lowest BCUT2D eigenvalue weighted by atomic mass is 10.00. The van der Waals surface area contributed by atoms with Crippen LogP contribution in [0, 0.1) is 5.92 Å². The number of hydrogen-bond acceptors (Lipinski definition) is 4. The molecule has 4 unspecified atom stereocenters. The van der Waals surface area contributed by atoms with E-state index in [0.717, 1.165) is 0 Å². The smallest absolute Gasteiger partial charge is 0.225 e. The number of nitrogens with two attached hydrogens (primary N) is 1. The summed E-state index contributed by atoms with van der Waals surface area (Å²) in [6.45, 7) is 5.44. The molecule has 1 aliphatic rings. The fourth-order valence-corrected chi connectivity index (χ4v) is 1.96. The van der Waals surface area contributed by atoms with Crippen LogP contribution in [0.5, 0.6) is 0 Å². The van der Waals surface area contributed by atoms with Crippen LogP contribution in [-0.4, -0.2) is 42.4 Å². The minimum absolute atomic E-state index is 0.0370. The van der Waals surface area contributed by atoms with Crippen molar-refractivity contribution in [3.63, 3.8) is 0 Å². The molecule has 5 heteroatoms. The Labute approximate surface area is 102 Å². The molecule has 0 aromatic carbocycles. The number of rotatable bonds is 3. The predicted octanol–water partition coefficient (Wildman–Crippen LogP) is 0.757. The SMILES string of the molecule is CN=C/C=C\N(C(C)=O)C1OC(C)C(N)C1C. The quantitative estimate of drug-likeness (QED) is 0.739. The monoisotopic (exact) mass is 239 g/mol. The van der Waals surface area contributed by atoms with Gasteiger partial charge in [-0.15, -0.1) is 0 Å². The third-order valence-electron chi connectivity index (χ3n) is 3.07. The average Bonchev–Trinajstić information content (AvgIpc) is 2.52. The largest absolute Gasteiger partial charge is 0.353 e. The highest BCUT2D eigenvalue weighted by atomic mass is 16.5. The zero-order valence-electron chi connectivity index (χ0n) is 10.8. The molecule has 1 rings (SSSR count). The first-order valence-electron chi connectivity index (χ1n) is 5.78. The van der Waals surface area contributed by atoms with Crippen molar-refractivity contribution in [3.8, 4) is 0 Å². The molecule has 4 atom stereocenters. The summed E-state index contributed by atoms with van der Waals surface area (Å²) in [5.41, 5.74) is 5.99. The lowest BCUT2D eigenvalue weighted by Crippen LogP contribution is -2.40. The maximum absolute atomic E-state index is 11.6. The Balaban J connectivity index is 2.82. The van der Waals surface area contributed by atoms with Gasteiger partial charge in [0.25, 0.3) is 0 Å². The van der Waals surface area contributed by atoms with E-state index < -0.39 is 0 Å². The third kappa shape index (κ3) is 3.14. The normalized spacial score (nSPS) is 33.7. The molecule has 17 heavy (non-hydrogen) atoms. The number of amides is 1. The van der Waals surface area contributed by atoms with Crippen molar-refractivity contribution in [1.29, 1.82) is 0 Å². The molecule has 0 aromatic rings. The van der Waals surface area contributed by atoms with E-state index in [4.69, 9.17) is 10.5 Å². The van der Waals surface area contributed by atoms with Crippen molar-refractivity contribution in [2.75, 3.05) is 7.05 Å². The highest BCUT2D eigenvalue weighted by Crippen LogP contribution is 2.27. The zero-order chi connectivity index (χ0) is 13.0. The summed E-state index contributed by atoms with van der Waals surface area (Å²) in [4.78, 5) is 17.0. The van der Waals surface area contributed by atoms with E-state index in [0.29, 0.717) is 0 Å². The van der Waals surface area contributed by atoms with Crippen LogP contribution in [0.25, 0.3) is 0 Å². The van der Waals surface area contributed by atoms with Gasteiger partial charge in [0.1, 0.15) is 6.23 Å². The number of carbonyl (C=O) groups excluding carboxylic acids is 1. The van der Waals surface area contributed by atoms with E-state index in [2.05, 4.69) is 4.99 Å². The molecule has 1 fully saturated rings. The summed E-state index contributed by atoms with van der Waals surface area (Å²) in [6.07, 6.45) is 4.69. The maximum Gasteiger partial charge on any atom is 0.225 e. The summed E-state index contributed by atoms with van der Waals surface area (Å²) in [7, 11) is 1.68. The topological polar surface area (TPSA) is 67.9 Å². The maximum atomic E-state index is 11.6. The predicted molar refractivity (Wildman–Crippen MR) is 67.6 cm³/mol. The first-order chi connectivity index (χ1) is 7.99. The van der Waals surface area contributed by atoms with Crippen LogP contribution in [0.3, 0.4) is 0 Å². The molecule has 96 valence electrons. The highest BCUT2D eigenvalue weighted by molar-refractivity contribution is 5.77. The fourth-order valence-electron chi connectivity index (χ4n) is 1.96. The minimum atomic E-state index is -0.293. The second kappa shape index (κ2) is 5.93. The van der Waals surface area contributed by atoms with Crippen molar-refractivity contribution < 1.29 is 9.53 Å². The second-order valence-corrected chi connectivity index (χ2v) is 4.34. The molecule has 0 aliphatic carbocycles. The Morgan fingerprint density at radius 3 is 2.53 bits per heavy atom. The van der Waals surface area contributed by atoms with Crippen LogP contribution in [0.1, 0.15) is 20.8 Å². The highest BCUT2D eigenvalue weighted by Gasteiger charge is 2.40. The van der Waals surface area contributed by atoms with Crippen LogP contribution in [0.4, 0.5) is 0 Å². The van der Waals surface area contributed by atoms with Crippen LogP contribution in [-0.2, 0) is 9.53 Å². The lowest BCUT2D eigenvalue weighted by molar-refractivity contribution is -0.138. The minimum Gasteiger partial charge on any atom is -0.353 e. The first-order valence-corrected chi connectivity index (χ1v) is 5.78. The summed E-state index contributed by atoms with van der Waals surface area (Å²) >= 11 is 0. The van der Waals surface area contributed by atoms with Gasteiger partial charge < -0.3 is 10.5 Å². The standard InChI is InChI=1S/C12H21N3O2/c1-8-11(13)9(2)17-12(8)15(10(3)16)7-5-6-14-4/h5-9,11-12H,13H2,1-4H3/b7-5-,14-6?. The Morgan fingerprint density at radius 2 is 2.12 bits per heavy atom. The van der Waals surface area contributed by atoms with E-state index >= 15 is 0 Å². The zero-order valence-corrected chi connectivity index (χ0v) is 10.8. The van der Waals surface area contributed by atoms with E-state index in [9.17, 15) is 4.79 Å². The first kappa shape index (κ1) is 13.9. The molecule has 0 spiro atoms. The Kier molecular flexibility index (Phi) is 4.84. The molecule has 0 aromatic heterocycles. The van der Waals surface area contributed by atoms with Gasteiger partial charge in [0.2, 0.25) is 5.91 Å². The molecule has 2 N–H and O–H groups in total. The molecule has 1 amide bonds. The van der Waals surface area contributed by atoms with Crippen LogP contribution >= 0.6 is 0 Å². The van der Waals surface area contributed by atoms with E-state index in [-0.39, 0.29) is 30.2 Å². The van der Waals surface area contributed by atoms with Crippen molar-refractivity contribution in [2.45, 2.75) is 39.1 Å². The number of ether oxygens (including phenoxy) is 1. The number of allylic oxidation sites excluding steroid dienone is 1. The van der Waals surface area contributed by atoms with Crippen molar-refractivity contribution in [2.24, 2.45) is 16.6 Å². The molecule has 1 heterocycles. The van der Waals surface area contributed by atoms with E-state index in [1.165, 1.54) is 6.92 Å². The van der Waals surface area contributed by atoms with Gasteiger partial charge in [-0.3, -0.25) is 14.7 Å². The summed E-state index contributed by atoms with van der Waals surface area (Å²) in [6, 6.07) is -0.0462. The summed E-state index contributed by atoms with van der Waals surface area (Å²) in [5, 5.41) is 0. The summed E-state index contributed by atoms with van der Waals surface area (Å²) < 4.78 is 5.72. The van der Waals surface area contributed by atoms with Crippen LogP contribution in [0.15, 0.2) is 17.3 Å². The molecule has 0 radical (unpaired) electrons. The van der Waals surface area contributed by atoms with Crippen LogP contribution in [0.2, 0.25) is 0 Å². The van der Waals surface area contributed by atoms with Gasteiger partial charge in [-0.05, 0) is 13.0 Å². The van der Waals surface area contributed by atoms with Gasteiger partial charge >= 0.3 is 0 Å². The second-order valence-electron chi connectivity index (χ2n) is 4.34. The van der Waals surface area contributed by atoms with Gasteiger partial charge in [-0.1, -0.05) is 6.92 Å². The third-order valence-corrected chi connectivity index (χ3v) is 3.07. The molecule has 1 saturated heterocycles. The summed E-state index contributed by atoms with van der Waals surface area (Å²) in [5.74, 6) is 0.0426. The number of nitrogens with zero attached hydrogens (tertiary/aromatic N) is 2. The van der Waals surface area contributed by atoms with Crippen molar-refractivity contribution in [3.05, 3.63) is 12.3 Å². The van der Waals surface area contributed by atoms with Crippen molar-refractivity contribution in [1.82, 2.24) is 4.90 Å². The van der Waals surface area contributed by atoms with E-state index in [1.54, 1.807) is 30.4 Å². The Morgan fingerprint density at radius 1 is 1.47 bits per heavy atom. The molecule has 0 saturated carbocycles. The Hall–Kier alpha value is -1.20. The van der Waals surface area contributed by atoms with E-state index in [1.807, 2.05) is 13.8 Å². The average molecular weight is 239 g/mol. The fraction of sp³-hybridized carbons (Fsp3) is 0.667. The molecular weight excluding hydrogens is 218 g/mol. The molecular formula is C12H21N3O2. The molecule has 0 bridgehead atoms. The van der Waals surface area contributed by atoms with Gasteiger partial charge in [0, 0.05) is 38.3 Å². The number of hydrogen-bond donors (Lipinski definition) is 1. The molecule has 5 nitrogen and oxygen atoms in total.